The molecule has 5 rings (SSSR count). The highest BCUT2D eigenvalue weighted by Gasteiger charge is 2.27. The van der Waals surface area contributed by atoms with Crippen molar-refractivity contribution in [3.63, 3.8) is 0 Å². The number of carbonyl (C=O) groups is 1. The summed E-state index contributed by atoms with van der Waals surface area (Å²) in [6.45, 7) is 8.02. The van der Waals surface area contributed by atoms with Crippen LogP contribution in [-0.4, -0.2) is 39.2 Å². The van der Waals surface area contributed by atoms with E-state index in [1.807, 2.05) is 35.9 Å². The maximum absolute atomic E-state index is 13.1. The van der Waals surface area contributed by atoms with Crippen molar-refractivity contribution in [2.75, 3.05) is 18.9 Å². The van der Waals surface area contributed by atoms with Crippen LogP contribution in [0.2, 0.25) is 0 Å². The van der Waals surface area contributed by atoms with E-state index in [0.29, 0.717) is 5.69 Å². The summed E-state index contributed by atoms with van der Waals surface area (Å²) in [6.07, 6.45) is 0.963. The number of thiazole rings is 1. The average Bonchev–Trinajstić information content (AvgIpc) is 3.41. The lowest BCUT2D eigenvalue weighted by atomic mass is 10.0. The van der Waals surface area contributed by atoms with Crippen LogP contribution in [0.5, 0.6) is 0 Å². The number of hydrogen-bond acceptors (Lipinski definition) is 6. The lowest BCUT2D eigenvalue weighted by Gasteiger charge is -2.22. The van der Waals surface area contributed by atoms with Crippen molar-refractivity contribution < 1.29 is 4.79 Å². The predicted octanol–water partition coefficient (Wildman–Crippen LogP) is 5.35. The number of rotatable bonds is 4. The lowest BCUT2D eigenvalue weighted by Crippen LogP contribution is -2.25. The third-order valence-electron chi connectivity index (χ3n) is 5.63. The van der Waals surface area contributed by atoms with E-state index < -0.39 is 0 Å². The molecule has 3 aromatic heterocycles. The summed E-state index contributed by atoms with van der Waals surface area (Å²) in [6, 6.07) is 10.3. The molecule has 0 aliphatic carbocycles. The first-order chi connectivity index (χ1) is 14.9. The van der Waals surface area contributed by atoms with Gasteiger partial charge in [-0.3, -0.25) is 9.48 Å². The highest BCUT2D eigenvalue weighted by atomic mass is 32.1. The minimum atomic E-state index is -0.170. The molecule has 0 radical (unpaired) electrons. The molecule has 0 saturated carbocycles. The molecule has 160 valence electrons. The number of hydrogen-bond donors (Lipinski definition) is 1. The Bertz CT molecular complexity index is 1250. The van der Waals surface area contributed by atoms with E-state index in [0.717, 1.165) is 51.0 Å². The maximum Gasteiger partial charge on any atom is 0.276 e. The van der Waals surface area contributed by atoms with Gasteiger partial charge in [0.2, 0.25) is 0 Å². The summed E-state index contributed by atoms with van der Waals surface area (Å²) in [5, 5.41) is 9.55. The van der Waals surface area contributed by atoms with Gasteiger partial charge in [-0.1, -0.05) is 12.1 Å². The number of thiophene rings is 1. The van der Waals surface area contributed by atoms with Gasteiger partial charge in [0.1, 0.15) is 10.0 Å². The van der Waals surface area contributed by atoms with Crippen LogP contribution in [0, 0.1) is 6.92 Å². The van der Waals surface area contributed by atoms with Gasteiger partial charge in [0, 0.05) is 35.3 Å². The fourth-order valence-corrected chi connectivity index (χ4v) is 6.55. The molecule has 4 heterocycles. The van der Waals surface area contributed by atoms with Crippen molar-refractivity contribution >= 4 is 43.8 Å². The molecule has 0 unspecified atom stereocenters. The quantitative estimate of drug-likeness (QED) is 0.454. The van der Waals surface area contributed by atoms with Crippen LogP contribution in [0.4, 0.5) is 5.00 Å². The van der Waals surface area contributed by atoms with Crippen LogP contribution >= 0.6 is 22.7 Å². The number of fused-ring (bicyclic) bond motifs is 2. The van der Waals surface area contributed by atoms with Gasteiger partial charge >= 0.3 is 0 Å². The molecule has 6 nitrogen and oxygen atoms in total. The predicted molar refractivity (Wildman–Crippen MR) is 128 cm³/mol. The molecule has 1 aromatic carbocycles. The number of amides is 1. The van der Waals surface area contributed by atoms with Crippen LogP contribution in [0.15, 0.2) is 30.3 Å². The van der Waals surface area contributed by atoms with Crippen LogP contribution in [0.3, 0.4) is 0 Å². The monoisotopic (exact) mass is 451 g/mol. The molecule has 0 spiro atoms. The second-order valence-corrected chi connectivity index (χ2v) is 10.5. The number of likely N-dealkylation sites (N-methyl/N-ethyl adjacent to an activating group) is 1. The van der Waals surface area contributed by atoms with Gasteiger partial charge in [0.25, 0.3) is 5.91 Å². The number of nitrogens with one attached hydrogen (secondary N) is 1. The summed E-state index contributed by atoms with van der Waals surface area (Å²) < 4.78 is 3.05. The van der Waals surface area contributed by atoms with Crippen LogP contribution in [0.25, 0.3) is 20.8 Å². The Morgan fingerprint density at radius 3 is 2.77 bits per heavy atom. The standard InChI is InChI=1S/C23H25N5OS2/c1-13(2)28-14(3)11-17(26-28)21(29)25-23-20(15-9-10-27(4)12-19(15)31-23)22-24-16-7-5-6-8-18(16)30-22/h5-8,11,13H,9-10,12H2,1-4H3,(H,25,29). The Morgan fingerprint density at radius 2 is 2.03 bits per heavy atom. The summed E-state index contributed by atoms with van der Waals surface area (Å²) >= 11 is 3.36. The van der Waals surface area contributed by atoms with Crippen LogP contribution in [0.1, 0.15) is 46.5 Å². The van der Waals surface area contributed by atoms with Crippen LogP contribution in [-0.2, 0) is 13.0 Å². The van der Waals surface area contributed by atoms with Gasteiger partial charge in [-0.05, 0) is 58.0 Å². The number of para-hydroxylation sites is 1. The topological polar surface area (TPSA) is 63.1 Å². The zero-order valence-electron chi connectivity index (χ0n) is 18.1. The van der Waals surface area contributed by atoms with E-state index in [4.69, 9.17) is 4.98 Å². The minimum Gasteiger partial charge on any atom is -0.312 e. The third kappa shape index (κ3) is 3.69. The van der Waals surface area contributed by atoms with Gasteiger partial charge in [-0.15, -0.1) is 22.7 Å². The zero-order valence-corrected chi connectivity index (χ0v) is 19.7. The van der Waals surface area contributed by atoms with E-state index >= 15 is 0 Å². The minimum absolute atomic E-state index is 0.170. The Labute approximate surface area is 189 Å². The molecule has 0 atom stereocenters. The Hall–Kier alpha value is -2.55. The van der Waals surface area contributed by atoms with Crippen molar-refractivity contribution in [3.05, 3.63) is 52.2 Å². The molecule has 1 aliphatic heterocycles. The number of nitrogens with zero attached hydrogens (tertiary/aromatic N) is 4. The van der Waals surface area contributed by atoms with Crippen molar-refractivity contribution in [3.8, 4) is 10.6 Å². The first kappa shape index (κ1) is 20.4. The summed E-state index contributed by atoms with van der Waals surface area (Å²) in [5.74, 6) is -0.170. The number of carbonyl (C=O) groups excluding carboxylic acids is 1. The molecular weight excluding hydrogens is 426 g/mol. The highest BCUT2D eigenvalue weighted by Crippen LogP contribution is 2.45. The molecule has 0 fully saturated rings. The number of anilines is 1. The molecule has 1 N–H and O–H groups in total. The first-order valence-electron chi connectivity index (χ1n) is 10.5. The molecule has 1 aliphatic rings. The van der Waals surface area contributed by atoms with Crippen molar-refractivity contribution in [2.45, 2.75) is 39.8 Å². The Kier molecular flexibility index (Phi) is 5.16. The molecule has 8 heteroatoms. The maximum atomic E-state index is 13.1. The van der Waals surface area contributed by atoms with Gasteiger partial charge in [-0.2, -0.15) is 5.10 Å². The smallest absolute Gasteiger partial charge is 0.276 e. The van der Waals surface area contributed by atoms with E-state index in [2.05, 4.69) is 42.3 Å². The lowest BCUT2D eigenvalue weighted by molar-refractivity contribution is 0.102. The van der Waals surface area contributed by atoms with Gasteiger partial charge in [-0.25, -0.2) is 4.98 Å². The van der Waals surface area contributed by atoms with Crippen molar-refractivity contribution in [1.82, 2.24) is 19.7 Å². The second kappa shape index (κ2) is 7.85. The van der Waals surface area contributed by atoms with Gasteiger partial charge < -0.3 is 10.2 Å². The first-order valence-corrected chi connectivity index (χ1v) is 12.1. The zero-order chi connectivity index (χ0) is 21.7. The fraction of sp³-hybridized carbons (Fsp3) is 0.348. The fourth-order valence-electron chi connectivity index (χ4n) is 4.11. The molecule has 1 amide bonds. The largest absolute Gasteiger partial charge is 0.312 e. The van der Waals surface area contributed by atoms with Gasteiger partial charge in [0.05, 0.1) is 10.2 Å². The van der Waals surface area contributed by atoms with E-state index in [-0.39, 0.29) is 11.9 Å². The molecule has 4 aromatic rings. The molecule has 0 bridgehead atoms. The Morgan fingerprint density at radius 1 is 1.23 bits per heavy atom. The molecular formula is C23H25N5OS2. The summed E-state index contributed by atoms with van der Waals surface area (Å²) in [5.41, 5.74) is 4.84. The number of benzene rings is 1. The van der Waals surface area contributed by atoms with Gasteiger partial charge in [0.15, 0.2) is 5.69 Å². The van der Waals surface area contributed by atoms with Crippen molar-refractivity contribution in [1.29, 1.82) is 0 Å². The third-order valence-corrected chi connectivity index (χ3v) is 7.81. The molecule has 0 saturated heterocycles. The number of aryl methyl sites for hydroxylation is 1. The summed E-state index contributed by atoms with van der Waals surface area (Å²) in [7, 11) is 2.14. The summed E-state index contributed by atoms with van der Waals surface area (Å²) in [4.78, 5) is 21.7. The normalized spacial score (nSPS) is 14.4. The van der Waals surface area contributed by atoms with E-state index in [1.54, 1.807) is 22.7 Å². The molecule has 31 heavy (non-hydrogen) atoms. The second-order valence-electron chi connectivity index (χ2n) is 8.35. The van der Waals surface area contributed by atoms with Crippen molar-refractivity contribution in [2.24, 2.45) is 0 Å². The highest BCUT2D eigenvalue weighted by molar-refractivity contribution is 7.22. The van der Waals surface area contributed by atoms with E-state index in [1.165, 1.54) is 10.4 Å². The average molecular weight is 452 g/mol. The number of aromatic nitrogens is 3. The Balaban J connectivity index is 1.56. The van der Waals surface area contributed by atoms with E-state index in [9.17, 15) is 4.79 Å². The SMILES string of the molecule is Cc1cc(C(=O)Nc2sc3c(c2-c2nc4ccccc4s2)CCN(C)C3)nn1C(C)C. The van der Waals surface area contributed by atoms with Crippen LogP contribution < -0.4 is 5.32 Å².